The van der Waals surface area contributed by atoms with E-state index in [4.69, 9.17) is 17.3 Å². The Bertz CT molecular complexity index is 1280. The number of primary amides is 1. The van der Waals surface area contributed by atoms with Gasteiger partial charge >= 0.3 is 0 Å². The quantitative estimate of drug-likeness (QED) is 0.364. The molecule has 0 spiro atoms. The summed E-state index contributed by atoms with van der Waals surface area (Å²) in [5, 5.41) is 13.3. The van der Waals surface area contributed by atoms with Gasteiger partial charge in [0.2, 0.25) is 11.7 Å². The molecular weight excluding hydrogens is 454 g/mol. The fourth-order valence-corrected chi connectivity index (χ4v) is 4.73. The second-order valence-electron chi connectivity index (χ2n) is 8.54. The molecule has 8 heteroatoms. The molecule has 1 amide bonds. The molecule has 0 aliphatic heterocycles. The molecule has 0 aliphatic rings. The first-order chi connectivity index (χ1) is 15.7. The average molecular weight is 478 g/mol. The van der Waals surface area contributed by atoms with E-state index in [-0.39, 0.29) is 4.75 Å². The van der Waals surface area contributed by atoms with E-state index in [0.29, 0.717) is 16.4 Å². The van der Waals surface area contributed by atoms with Crippen molar-refractivity contribution in [2.45, 2.75) is 36.5 Å². The van der Waals surface area contributed by atoms with Crippen LogP contribution in [0.1, 0.15) is 32.4 Å². The first-order valence-electron chi connectivity index (χ1n) is 10.4. The number of nitrogens with zero attached hydrogens (tertiary/aromatic N) is 4. The number of hydrogen-bond donors (Lipinski definition) is 1. The van der Waals surface area contributed by atoms with Crippen molar-refractivity contribution in [3.8, 4) is 22.5 Å². The smallest absolute Gasteiger partial charge is 0.248 e. The first kappa shape index (κ1) is 23.0. The number of rotatable bonds is 6. The molecule has 3 aromatic carbocycles. The topological polar surface area (TPSA) is 86.7 Å². The predicted molar refractivity (Wildman–Crippen MR) is 133 cm³/mol. The molecule has 0 saturated heterocycles. The summed E-state index contributed by atoms with van der Waals surface area (Å²) in [4.78, 5) is 14.7. The normalized spacial score (nSPS) is 12.5. The van der Waals surface area contributed by atoms with E-state index in [1.807, 2.05) is 36.0 Å². The van der Waals surface area contributed by atoms with E-state index >= 15 is 0 Å². The van der Waals surface area contributed by atoms with Crippen LogP contribution in [-0.2, 0) is 4.79 Å². The van der Waals surface area contributed by atoms with Crippen molar-refractivity contribution >= 4 is 29.3 Å². The predicted octanol–water partition coefficient (Wildman–Crippen LogP) is 5.63. The summed E-state index contributed by atoms with van der Waals surface area (Å²) < 4.78 is 0.139. The zero-order valence-corrected chi connectivity index (χ0v) is 20.1. The molecule has 4 rings (SSSR count). The van der Waals surface area contributed by atoms with E-state index in [0.717, 1.165) is 16.7 Å². The third-order valence-corrected chi connectivity index (χ3v) is 6.35. The number of benzene rings is 3. The highest BCUT2D eigenvalue weighted by Gasteiger charge is 2.26. The highest BCUT2D eigenvalue weighted by Crippen LogP contribution is 2.35. The van der Waals surface area contributed by atoms with Gasteiger partial charge in [0.05, 0.1) is 0 Å². The van der Waals surface area contributed by atoms with Gasteiger partial charge in [0.15, 0.2) is 6.04 Å². The summed E-state index contributed by atoms with van der Waals surface area (Å²) in [6, 6.07) is 22.3. The number of thioether (sulfide) groups is 1. The van der Waals surface area contributed by atoms with Gasteiger partial charge in [-0.15, -0.1) is 26.8 Å². The maximum Gasteiger partial charge on any atom is 0.248 e. The number of carbonyl (C=O) groups is 1. The number of hydrogen-bond acceptors (Lipinski definition) is 5. The lowest BCUT2D eigenvalue weighted by Crippen LogP contribution is -2.29. The summed E-state index contributed by atoms with van der Waals surface area (Å²) in [7, 11) is 0. The Morgan fingerprint density at radius 1 is 0.970 bits per heavy atom. The molecule has 168 valence electrons. The summed E-state index contributed by atoms with van der Waals surface area (Å²) in [5.74, 6) is -0.218. The molecule has 1 unspecified atom stereocenters. The minimum Gasteiger partial charge on any atom is -0.367 e. The fraction of sp³-hybridized carbons (Fsp3) is 0.200. The number of aromatic nitrogens is 4. The first-order valence-corrected chi connectivity index (χ1v) is 11.6. The van der Waals surface area contributed by atoms with Crippen LogP contribution >= 0.6 is 23.4 Å². The summed E-state index contributed by atoms with van der Waals surface area (Å²) in [6.07, 6.45) is 0. The molecule has 0 saturated carbocycles. The second-order valence-corrected chi connectivity index (χ2v) is 10.9. The van der Waals surface area contributed by atoms with Crippen LogP contribution in [0.3, 0.4) is 0 Å². The highest BCUT2D eigenvalue weighted by atomic mass is 35.5. The molecule has 1 aromatic heterocycles. The van der Waals surface area contributed by atoms with E-state index in [1.54, 1.807) is 24.3 Å². The maximum absolute atomic E-state index is 12.3. The van der Waals surface area contributed by atoms with Crippen molar-refractivity contribution in [2.75, 3.05) is 0 Å². The van der Waals surface area contributed by atoms with Crippen LogP contribution in [0.25, 0.3) is 22.5 Å². The lowest BCUT2D eigenvalue weighted by molar-refractivity contribution is -0.120. The van der Waals surface area contributed by atoms with Gasteiger partial charge in [0.25, 0.3) is 0 Å². The van der Waals surface area contributed by atoms with Crippen LogP contribution < -0.4 is 5.73 Å². The lowest BCUT2D eigenvalue weighted by Gasteiger charge is -2.17. The molecule has 0 bridgehead atoms. The van der Waals surface area contributed by atoms with Gasteiger partial charge in [-0.3, -0.25) is 4.79 Å². The van der Waals surface area contributed by atoms with Crippen molar-refractivity contribution in [1.82, 2.24) is 20.2 Å². The number of halogens is 1. The van der Waals surface area contributed by atoms with Crippen LogP contribution in [0.4, 0.5) is 0 Å². The second kappa shape index (κ2) is 9.37. The third kappa shape index (κ3) is 5.26. The number of nitrogens with two attached hydrogens (primary N) is 1. The Morgan fingerprint density at radius 3 is 2.24 bits per heavy atom. The molecule has 1 atom stereocenters. The molecule has 0 aliphatic carbocycles. The minimum absolute atomic E-state index is 0.139. The number of tetrazole rings is 1. The Labute approximate surface area is 202 Å². The molecule has 33 heavy (non-hydrogen) atoms. The molecule has 2 N–H and O–H groups in total. The van der Waals surface area contributed by atoms with Crippen LogP contribution in [0.5, 0.6) is 0 Å². The van der Waals surface area contributed by atoms with E-state index in [9.17, 15) is 4.79 Å². The molecule has 0 fully saturated rings. The van der Waals surface area contributed by atoms with Crippen LogP contribution in [0, 0.1) is 0 Å². The monoisotopic (exact) mass is 477 g/mol. The van der Waals surface area contributed by atoms with Crippen molar-refractivity contribution in [3.63, 3.8) is 0 Å². The van der Waals surface area contributed by atoms with Gasteiger partial charge in [-0.05, 0) is 34.5 Å². The van der Waals surface area contributed by atoms with Gasteiger partial charge in [0, 0.05) is 25.8 Å². The Hall–Kier alpha value is -3.16. The lowest BCUT2D eigenvalue weighted by atomic mass is 9.99. The zero-order chi connectivity index (χ0) is 23.6. The SMILES string of the molecule is CC(C)(C)Sc1ccc(-c2ccccc2-c2nnn(C(C(N)=O)c3ccccc3Cl)n2)cc1. The Kier molecular flexibility index (Phi) is 6.54. The van der Waals surface area contributed by atoms with Crippen LogP contribution in [0.2, 0.25) is 5.02 Å². The average Bonchev–Trinajstić information content (AvgIpc) is 3.24. The largest absolute Gasteiger partial charge is 0.367 e. The molecular formula is C25H24ClN5OS. The summed E-state index contributed by atoms with van der Waals surface area (Å²) in [5.41, 5.74) is 9.01. The fourth-order valence-electron chi connectivity index (χ4n) is 3.52. The van der Waals surface area contributed by atoms with E-state index in [1.165, 1.54) is 9.69 Å². The zero-order valence-electron chi connectivity index (χ0n) is 18.6. The van der Waals surface area contributed by atoms with Gasteiger partial charge in [-0.2, -0.15) is 0 Å². The van der Waals surface area contributed by atoms with Crippen molar-refractivity contribution in [2.24, 2.45) is 5.73 Å². The van der Waals surface area contributed by atoms with Crippen molar-refractivity contribution in [3.05, 3.63) is 83.4 Å². The Balaban J connectivity index is 1.70. The van der Waals surface area contributed by atoms with Gasteiger partial charge in [0.1, 0.15) is 0 Å². The minimum atomic E-state index is -0.958. The van der Waals surface area contributed by atoms with Gasteiger partial charge < -0.3 is 5.73 Å². The molecule has 4 aromatic rings. The summed E-state index contributed by atoms with van der Waals surface area (Å²) >= 11 is 8.12. The van der Waals surface area contributed by atoms with E-state index < -0.39 is 11.9 Å². The summed E-state index contributed by atoms with van der Waals surface area (Å²) in [6.45, 7) is 6.58. The number of carbonyl (C=O) groups excluding carboxylic acids is 1. The highest BCUT2D eigenvalue weighted by molar-refractivity contribution is 8.00. The van der Waals surface area contributed by atoms with Crippen molar-refractivity contribution < 1.29 is 4.79 Å². The molecule has 0 radical (unpaired) electrons. The van der Waals surface area contributed by atoms with Gasteiger partial charge in [-0.25, -0.2) is 0 Å². The molecule has 1 heterocycles. The van der Waals surface area contributed by atoms with Crippen molar-refractivity contribution in [1.29, 1.82) is 0 Å². The Morgan fingerprint density at radius 2 is 1.61 bits per heavy atom. The van der Waals surface area contributed by atoms with E-state index in [2.05, 4.69) is 60.4 Å². The van der Waals surface area contributed by atoms with Gasteiger partial charge in [-0.1, -0.05) is 87.0 Å². The van der Waals surface area contributed by atoms with Crippen LogP contribution in [0.15, 0.2) is 77.7 Å². The maximum atomic E-state index is 12.3. The standard InChI is InChI=1S/C25H24ClN5OS/c1-25(2,3)33-17-14-12-16(13-15-17)18-8-4-5-9-19(18)24-28-30-31(29-24)22(23(27)32)20-10-6-7-11-21(20)26/h4-15,22H,1-3H3,(H2,27,32). The third-order valence-electron chi connectivity index (χ3n) is 4.89. The molecule has 6 nitrogen and oxygen atoms in total. The number of amides is 1. The van der Waals surface area contributed by atoms with Crippen LogP contribution in [-0.4, -0.2) is 30.9 Å².